The number of benzene rings is 2. The number of carbonyl (C=O) groups excluding carboxylic acids is 1. The molecule has 0 atom stereocenters. The van der Waals surface area contributed by atoms with Crippen molar-refractivity contribution < 1.29 is 9.72 Å². The third kappa shape index (κ3) is 3.97. The number of nitro benzene ring substituents is 1. The van der Waals surface area contributed by atoms with Crippen LogP contribution in [0.3, 0.4) is 0 Å². The summed E-state index contributed by atoms with van der Waals surface area (Å²) in [5.41, 5.74) is 3.42. The number of rotatable bonds is 5. The van der Waals surface area contributed by atoms with Crippen LogP contribution < -0.4 is 5.32 Å². The van der Waals surface area contributed by atoms with Gasteiger partial charge in [-0.2, -0.15) is 4.80 Å². The summed E-state index contributed by atoms with van der Waals surface area (Å²) in [5, 5.41) is 25.8. The van der Waals surface area contributed by atoms with Crippen molar-refractivity contribution in [3.05, 3.63) is 63.2 Å². The summed E-state index contributed by atoms with van der Waals surface area (Å²) >= 11 is 0. The average Bonchev–Trinajstić information content (AvgIpc) is 3.07. The molecular formula is C18H18N6O3. The Morgan fingerprint density at radius 3 is 2.52 bits per heavy atom. The molecule has 1 aromatic heterocycles. The van der Waals surface area contributed by atoms with Gasteiger partial charge in [0.2, 0.25) is 11.7 Å². The van der Waals surface area contributed by atoms with Crippen LogP contribution in [-0.2, 0) is 11.3 Å². The predicted octanol–water partition coefficient (Wildman–Crippen LogP) is 2.81. The number of amides is 1. The van der Waals surface area contributed by atoms with Crippen molar-refractivity contribution in [2.24, 2.45) is 0 Å². The van der Waals surface area contributed by atoms with Crippen LogP contribution >= 0.6 is 0 Å². The van der Waals surface area contributed by atoms with Crippen LogP contribution in [0.4, 0.5) is 11.4 Å². The number of aryl methyl sites for hydroxylation is 2. The highest BCUT2D eigenvalue weighted by atomic mass is 16.6. The molecule has 0 unspecified atom stereocenters. The first-order chi connectivity index (χ1) is 12.8. The number of anilines is 1. The molecule has 0 radical (unpaired) electrons. The lowest BCUT2D eigenvalue weighted by Gasteiger charge is -2.10. The third-order valence-corrected chi connectivity index (χ3v) is 4.22. The van der Waals surface area contributed by atoms with Gasteiger partial charge in [0, 0.05) is 11.6 Å². The van der Waals surface area contributed by atoms with Crippen molar-refractivity contribution in [2.45, 2.75) is 27.3 Å². The number of aromatic nitrogens is 4. The summed E-state index contributed by atoms with van der Waals surface area (Å²) < 4.78 is 0. The van der Waals surface area contributed by atoms with Gasteiger partial charge >= 0.3 is 0 Å². The Hall–Kier alpha value is -3.62. The molecule has 0 bridgehead atoms. The Morgan fingerprint density at radius 1 is 1.15 bits per heavy atom. The van der Waals surface area contributed by atoms with Crippen molar-refractivity contribution >= 4 is 17.3 Å². The number of hydrogen-bond donors (Lipinski definition) is 1. The molecule has 0 aliphatic carbocycles. The molecule has 0 spiro atoms. The van der Waals surface area contributed by atoms with Gasteiger partial charge in [-0.25, -0.2) is 0 Å². The van der Waals surface area contributed by atoms with E-state index in [1.165, 1.54) is 6.07 Å². The van der Waals surface area contributed by atoms with Crippen molar-refractivity contribution in [2.75, 3.05) is 5.32 Å². The molecule has 0 fully saturated rings. The summed E-state index contributed by atoms with van der Waals surface area (Å²) in [7, 11) is 0. The normalized spacial score (nSPS) is 10.6. The molecule has 1 heterocycles. The van der Waals surface area contributed by atoms with E-state index in [0.717, 1.165) is 21.5 Å². The highest BCUT2D eigenvalue weighted by molar-refractivity contribution is 5.94. The van der Waals surface area contributed by atoms with E-state index in [-0.39, 0.29) is 17.9 Å². The van der Waals surface area contributed by atoms with Crippen LogP contribution in [0.5, 0.6) is 0 Å². The molecule has 1 N–H and O–H groups in total. The van der Waals surface area contributed by atoms with Gasteiger partial charge in [0.15, 0.2) is 0 Å². The standard InChI is InChI=1S/C18H18N6O3/c1-11-4-7-14(8-5-11)18-20-22-23(21-18)10-16(25)19-17-13(3)12(2)6-9-15(17)24(26)27/h4-9H,10H2,1-3H3,(H,19,25). The molecule has 2 aromatic carbocycles. The molecule has 3 rings (SSSR count). The lowest BCUT2D eigenvalue weighted by atomic mass is 10.1. The van der Waals surface area contributed by atoms with Gasteiger partial charge in [-0.05, 0) is 37.1 Å². The van der Waals surface area contributed by atoms with Crippen LogP contribution in [0.15, 0.2) is 36.4 Å². The van der Waals surface area contributed by atoms with E-state index in [1.54, 1.807) is 13.0 Å². The molecular weight excluding hydrogens is 348 g/mol. The lowest BCUT2D eigenvalue weighted by Crippen LogP contribution is -2.21. The molecule has 9 heteroatoms. The fourth-order valence-corrected chi connectivity index (χ4v) is 2.55. The van der Waals surface area contributed by atoms with E-state index < -0.39 is 10.8 Å². The van der Waals surface area contributed by atoms with Crippen molar-refractivity contribution in [3.63, 3.8) is 0 Å². The number of hydrogen-bond acceptors (Lipinski definition) is 6. The average molecular weight is 366 g/mol. The molecule has 27 heavy (non-hydrogen) atoms. The Morgan fingerprint density at radius 2 is 1.85 bits per heavy atom. The van der Waals surface area contributed by atoms with Gasteiger partial charge in [-0.3, -0.25) is 14.9 Å². The summed E-state index contributed by atoms with van der Waals surface area (Å²) in [6.45, 7) is 5.32. The number of nitrogens with one attached hydrogen (secondary N) is 1. The van der Waals surface area contributed by atoms with Crippen molar-refractivity contribution in [1.82, 2.24) is 20.2 Å². The zero-order chi connectivity index (χ0) is 19.6. The maximum absolute atomic E-state index is 12.3. The fraction of sp³-hybridized carbons (Fsp3) is 0.222. The largest absolute Gasteiger partial charge is 0.318 e. The topological polar surface area (TPSA) is 116 Å². The first-order valence-electron chi connectivity index (χ1n) is 8.24. The van der Waals surface area contributed by atoms with Crippen molar-refractivity contribution in [1.29, 1.82) is 0 Å². The van der Waals surface area contributed by atoms with E-state index in [0.29, 0.717) is 11.4 Å². The Balaban J connectivity index is 1.77. The molecule has 0 aliphatic heterocycles. The Kier molecular flexibility index (Phi) is 4.93. The van der Waals surface area contributed by atoms with Crippen LogP contribution in [0.25, 0.3) is 11.4 Å². The third-order valence-electron chi connectivity index (χ3n) is 4.22. The quantitative estimate of drug-likeness (QED) is 0.548. The second kappa shape index (κ2) is 7.32. The summed E-state index contributed by atoms with van der Waals surface area (Å²) in [4.78, 5) is 24.2. The van der Waals surface area contributed by atoms with Crippen LogP contribution in [-0.4, -0.2) is 31.0 Å². The van der Waals surface area contributed by atoms with E-state index in [2.05, 4.69) is 20.7 Å². The lowest BCUT2D eigenvalue weighted by molar-refractivity contribution is -0.384. The predicted molar refractivity (Wildman–Crippen MR) is 99.2 cm³/mol. The summed E-state index contributed by atoms with van der Waals surface area (Å²) in [6.07, 6.45) is 0. The molecule has 1 amide bonds. The molecule has 138 valence electrons. The molecule has 0 saturated heterocycles. The molecule has 3 aromatic rings. The maximum Gasteiger partial charge on any atom is 0.293 e. The smallest absolute Gasteiger partial charge is 0.293 e. The minimum Gasteiger partial charge on any atom is -0.318 e. The first kappa shape index (κ1) is 18.2. The van der Waals surface area contributed by atoms with E-state index in [9.17, 15) is 14.9 Å². The number of nitro groups is 1. The first-order valence-corrected chi connectivity index (χ1v) is 8.24. The van der Waals surface area contributed by atoms with Crippen molar-refractivity contribution in [3.8, 4) is 11.4 Å². The minimum atomic E-state index is -0.523. The summed E-state index contributed by atoms with van der Waals surface area (Å²) in [6, 6.07) is 10.6. The van der Waals surface area contributed by atoms with E-state index >= 15 is 0 Å². The minimum absolute atomic E-state index is 0.154. The van der Waals surface area contributed by atoms with Gasteiger partial charge in [0.25, 0.3) is 5.69 Å². The monoisotopic (exact) mass is 366 g/mol. The van der Waals surface area contributed by atoms with Crippen LogP contribution in [0, 0.1) is 30.9 Å². The molecule has 0 aliphatic rings. The zero-order valence-electron chi connectivity index (χ0n) is 15.1. The number of nitrogens with zero attached hydrogens (tertiary/aromatic N) is 5. The van der Waals surface area contributed by atoms with Crippen LogP contribution in [0.2, 0.25) is 0 Å². The Labute approximate surface area is 155 Å². The highest BCUT2D eigenvalue weighted by Crippen LogP contribution is 2.30. The van der Waals surface area contributed by atoms with Gasteiger partial charge in [-0.1, -0.05) is 35.9 Å². The molecule has 9 nitrogen and oxygen atoms in total. The maximum atomic E-state index is 12.3. The second-order valence-electron chi connectivity index (χ2n) is 6.22. The number of carbonyl (C=O) groups is 1. The number of tetrazole rings is 1. The SMILES string of the molecule is Cc1ccc(-c2nnn(CC(=O)Nc3c([N+](=O)[O-])ccc(C)c3C)n2)cc1. The fourth-order valence-electron chi connectivity index (χ4n) is 2.55. The second-order valence-corrected chi connectivity index (χ2v) is 6.22. The Bertz CT molecular complexity index is 1010. The summed E-state index contributed by atoms with van der Waals surface area (Å²) in [5.74, 6) is -0.0693. The van der Waals surface area contributed by atoms with Crippen LogP contribution in [0.1, 0.15) is 16.7 Å². The van der Waals surface area contributed by atoms with E-state index in [1.807, 2.05) is 38.1 Å². The zero-order valence-corrected chi connectivity index (χ0v) is 15.1. The van der Waals surface area contributed by atoms with E-state index in [4.69, 9.17) is 0 Å². The van der Waals surface area contributed by atoms with Gasteiger partial charge in [0.05, 0.1) is 4.92 Å². The highest BCUT2D eigenvalue weighted by Gasteiger charge is 2.20. The van der Waals surface area contributed by atoms with Gasteiger partial charge in [-0.15, -0.1) is 10.2 Å². The van der Waals surface area contributed by atoms with Gasteiger partial charge < -0.3 is 5.32 Å². The van der Waals surface area contributed by atoms with Gasteiger partial charge in [0.1, 0.15) is 12.2 Å². The molecule has 0 saturated carbocycles.